The third-order valence-corrected chi connectivity index (χ3v) is 2.81. The third-order valence-electron chi connectivity index (χ3n) is 2.81. The molecule has 0 saturated heterocycles. The van der Waals surface area contributed by atoms with Crippen molar-refractivity contribution in [3.63, 3.8) is 0 Å². The maximum absolute atomic E-state index is 8.74. The molecule has 0 aromatic heterocycles. The van der Waals surface area contributed by atoms with Gasteiger partial charge in [0.1, 0.15) is 0 Å². The zero-order chi connectivity index (χ0) is 13.0. The van der Waals surface area contributed by atoms with Crippen molar-refractivity contribution in [3.05, 3.63) is 59.7 Å². The molecule has 0 aliphatic rings. The van der Waals surface area contributed by atoms with Gasteiger partial charge in [-0.2, -0.15) is 5.26 Å². The van der Waals surface area contributed by atoms with Gasteiger partial charge in [0.15, 0.2) is 0 Å². The predicted molar refractivity (Wildman–Crippen MR) is 74.1 cm³/mol. The second kappa shape index (κ2) is 5.24. The number of nitrogens with two attached hydrogens (primary N) is 1. The van der Waals surface area contributed by atoms with E-state index in [-0.39, 0.29) is 0 Å². The lowest BCUT2D eigenvalue weighted by Gasteiger charge is -2.19. The first-order valence-electron chi connectivity index (χ1n) is 5.75. The lowest BCUT2D eigenvalue weighted by atomic mass is 10.1. The fourth-order valence-electron chi connectivity index (χ4n) is 1.81. The summed E-state index contributed by atoms with van der Waals surface area (Å²) in [6.45, 7) is 0.787. The van der Waals surface area contributed by atoms with Crippen molar-refractivity contribution in [3.8, 4) is 6.07 Å². The van der Waals surface area contributed by atoms with Gasteiger partial charge in [-0.05, 0) is 35.9 Å². The molecule has 0 fully saturated rings. The fourth-order valence-corrected chi connectivity index (χ4v) is 1.81. The molecule has 0 aliphatic carbocycles. The van der Waals surface area contributed by atoms with Crippen LogP contribution in [0, 0.1) is 11.3 Å². The van der Waals surface area contributed by atoms with Crippen LogP contribution in [0.2, 0.25) is 0 Å². The number of nitriles is 1. The molecule has 2 aromatic carbocycles. The highest BCUT2D eigenvalue weighted by Gasteiger charge is 2.02. The zero-order valence-corrected chi connectivity index (χ0v) is 10.3. The lowest BCUT2D eigenvalue weighted by Crippen LogP contribution is -2.16. The van der Waals surface area contributed by atoms with Gasteiger partial charge in [-0.25, -0.2) is 0 Å². The Balaban J connectivity index is 2.11. The summed E-state index contributed by atoms with van der Waals surface area (Å²) in [6.07, 6.45) is 0. The van der Waals surface area contributed by atoms with E-state index in [1.54, 1.807) is 0 Å². The van der Waals surface area contributed by atoms with Crippen molar-refractivity contribution in [2.24, 2.45) is 0 Å². The smallest absolute Gasteiger partial charge is 0.0991 e. The van der Waals surface area contributed by atoms with E-state index < -0.39 is 0 Å². The van der Waals surface area contributed by atoms with E-state index in [1.165, 1.54) is 5.56 Å². The van der Waals surface area contributed by atoms with Gasteiger partial charge in [0.25, 0.3) is 0 Å². The third kappa shape index (κ3) is 2.80. The van der Waals surface area contributed by atoms with Crippen LogP contribution in [0.5, 0.6) is 0 Å². The molecule has 2 rings (SSSR count). The summed E-state index contributed by atoms with van der Waals surface area (Å²) in [5.41, 5.74) is 9.46. The van der Waals surface area contributed by atoms with Crippen LogP contribution in [0.1, 0.15) is 11.1 Å². The summed E-state index contributed by atoms with van der Waals surface area (Å²) >= 11 is 0. The summed E-state index contributed by atoms with van der Waals surface area (Å²) in [7, 11) is 2.02. The average molecular weight is 237 g/mol. The molecule has 2 aromatic rings. The molecule has 0 atom stereocenters. The van der Waals surface area contributed by atoms with Gasteiger partial charge in [0.2, 0.25) is 0 Å². The van der Waals surface area contributed by atoms with Crippen molar-refractivity contribution < 1.29 is 0 Å². The van der Waals surface area contributed by atoms with E-state index in [1.807, 2.05) is 55.6 Å². The van der Waals surface area contributed by atoms with Gasteiger partial charge in [0, 0.05) is 25.0 Å². The molecule has 0 heterocycles. The summed E-state index contributed by atoms with van der Waals surface area (Å²) in [5.74, 6) is 0. The van der Waals surface area contributed by atoms with Gasteiger partial charge in [-0.1, -0.05) is 18.2 Å². The average Bonchev–Trinajstić information content (AvgIpc) is 2.39. The standard InChI is InChI=1S/C15H15N3/c1-18(15-4-2-3-14(17)9-15)11-13-7-5-12(10-16)6-8-13/h2-9H,11,17H2,1H3. The van der Waals surface area contributed by atoms with E-state index in [9.17, 15) is 0 Å². The summed E-state index contributed by atoms with van der Waals surface area (Å²) in [5, 5.41) is 8.74. The molecule has 18 heavy (non-hydrogen) atoms. The Labute approximate surface area is 107 Å². The summed E-state index contributed by atoms with van der Waals surface area (Å²) < 4.78 is 0. The minimum atomic E-state index is 0.686. The molecular weight excluding hydrogens is 222 g/mol. The maximum atomic E-state index is 8.74. The quantitative estimate of drug-likeness (QED) is 0.835. The second-order valence-corrected chi connectivity index (χ2v) is 4.26. The van der Waals surface area contributed by atoms with E-state index in [0.29, 0.717) is 5.56 Å². The first-order chi connectivity index (χ1) is 8.69. The van der Waals surface area contributed by atoms with Crippen molar-refractivity contribution in [2.75, 3.05) is 17.7 Å². The molecule has 0 unspecified atom stereocenters. The SMILES string of the molecule is CN(Cc1ccc(C#N)cc1)c1cccc(N)c1. The van der Waals surface area contributed by atoms with Crippen molar-refractivity contribution in [1.29, 1.82) is 5.26 Å². The first kappa shape index (κ1) is 12.0. The molecule has 3 heteroatoms. The van der Waals surface area contributed by atoms with Crippen LogP contribution in [-0.4, -0.2) is 7.05 Å². The number of benzene rings is 2. The number of hydrogen-bond acceptors (Lipinski definition) is 3. The Morgan fingerprint density at radius 1 is 1.17 bits per heavy atom. The molecule has 0 radical (unpaired) electrons. The van der Waals surface area contributed by atoms with Crippen molar-refractivity contribution in [1.82, 2.24) is 0 Å². The van der Waals surface area contributed by atoms with Crippen LogP contribution in [0.15, 0.2) is 48.5 Å². The Kier molecular flexibility index (Phi) is 3.49. The molecule has 3 nitrogen and oxygen atoms in total. The lowest BCUT2D eigenvalue weighted by molar-refractivity contribution is 0.923. The second-order valence-electron chi connectivity index (χ2n) is 4.26. The van der Waals surface area contributed by atoms with Crippen LogP contribution in [0.4, 0.5) is 11.4 Å². The molecule has 0 saturated carbocycles. The Morgan fingerprint density at radius 2 is 1.89 bits per heavy atom. The van der Waals surface area contributed by atoms with Gasteiger partial charge in [-0.15, -0.1) is 0 Å². The highest BCUT2D eigenvalue weighted by molar-refractivity contribution is 5.55. The van der Waals surface area contributed by atoms with Crippen LogP contribution in [0.3, 0.4) is 0 Å². The van der Waals surface area contributed by atoms with Crippen molar-refractivity contribution >= 4 is 11.4 Å². The van der Waals surface area contributed by atoms with E-state index >= 15 is 0 Å². The Morgan fingerprint density at radius 3 is 2.50 bits per heavy atom. The molecular formula is C15H15N3. The highest BCUT2D eigenvalue weighted by atomic mass is 15.1. The topological polar surface area (TPSA) is 53.0 Å². The molecule has 0 bridgehead atoms. The van der Waals surface area contributed by atoms with Gasteiger partial charge >= 0.3 is 0 Å². The number of hydrogen-bond donors (Lipinski definition) is 1. The highest BCUT2D eigenvalue weighted by Crippen LogP contribution is 2.18. The predicted octanol–water partition coefficient (Wildman–Crippen LogP) is 2.78. The van der Waals surface area contributed by atoms with Gasteiger partial charge < -0.3 is 10.6 Å². The molecule has 0 spiro atoms. The minimum absolute atomic E-state index is 0.686. The number of nitrogens with zero attached hydrogens (tertiary/aromatic N) is 2. The molecule has 2 N–H and O–H groups in total. The minimum Gasteiger partial charge on any atom is -0.399 e. The molecule has 90 valence electrons. The van der Waals surface area contributed by atoms with Crippen LogP contribution < -0.4 is 10.6 Å². The Bertz CT molecular complexity index is 567. The molecule has 0 amide bonds. The Hall–Kier alpha value is -2.47. The van der Waals surface area contributed by atoms with Crippen LogP contribution in [-0.2, 0) is 6.54 Å². The molecule has 0 aliphatic heterocycles. The van der Waals surface area contributed by atoms with Crippen LogP contribution >= 0.6 is 0 Å². The van der Waals surface area contributed by atoms with Gasteiger partial charge in [0.05, 0.1) is 11.6 Å². The largest absolute Gasteiger partial charge is 0.399 e. The van der Waals surface area contributed by atoms with Crippen molar-refractivity contribution in [2.45, 2.75) is 6.54 Å². The van der Waals surface area contributed by atoms with Crippen LogP contribution in [0.25, 0.3) is 0 Å². The first-order valence-corrected chi connectivity index (χ1v) is 5.75. The zero-order valence-electron chi connectivity index (χ0n) is 10.3. The summed E-state index contributed by atoms with van der Waals surface area (Å²) in [4.78, 5) is 2.12. The normalized spacial score (nSPS) is 9.78. The van der Waals surface area contributed by atoms with Gasteiger partial charge in [-0.3, -0.25) is 0 Å². The van der Waals surface area contributed by atoms with E-state index in [0.717, 1.165) is 17.9 Å². The monoisotopic (exact) mass is 237 g/mol. The van der Waals surface area contributed by atoms with E-state index in [2.05, 4.69) is 11.0 Å². The van der Waals surface area contributed by atoms with E-state index in [4.69, 9.17) is 11.0 Å². The number of rotatable bonds is 3. The number of anilines is 2. The number of nitrogen functional groups attached to an aromatic ring is 1. The summed E-state index contributed by atoms with van der Waals surface area (Å²) in [6, 6.07) is 17.5. The maximum Gasteiger partial charge on any atom is 0.0991 e. The fraction of sp³-hybridized carbons (Fsp3) is 0.133.